The molecule has 0 atom stereocenters. The monoisotopic (exact) mass is 218 g/mol. The van der Waals surface area contributed by atoms with Gasteiger partial charge in [0.2, 0.25) is 5.91 Å². The van der Waals surface area contributed by atoms with Crippen molar-refractivity contribution >= 4 is 11.6 Å². The summed E-state index contributed by atoms with van der Waals surface area (Å²) in [4.78, 5) is 10.9. The molecular weight excluding hydrogens is 209 g/mol. The van der Waals surface area contributed by atoms with E-state index < -0.39 is 17.6 Å². The van der Waals surface area contributed by atoms with Crippen LogP contribution in [0.2, 0.25) is 0 Å². The van der Waals surface area contributed by atoms with Gasteiger partial charge in [-0.1, -0.05) is 0 Å². The van der Waals surface area contributed by atoms with Gasteiger partial charge in [0.25, 0.3) is 0 Å². The summed E-state index contributed by atoms with van der Waals surface area (Å²) in [5, 5.41) is 0. The van der Waals surface area contributed by atoms with Crippen LogP contribution in [0.4, 0.5) is 18.9 Å². The first-order chi connectivity index (χ1) is 6.73. The van der Waals surface area contributed by atoms with Crippen molar-refractivity contribution in [1.82, 2.24) is 0 Å². The van der Waals surface area contributed by atoms with Crippen molar-refractivity contribution in [2.45, 2.75) is 13.1 Å². The number of nitrogen functional groups attached to an aromatic ring is 1. The molecule has 4 N–H and O–H groups in total. The van der Waals surface area contributed by atoms with Gasteiger partial charge in [-0.25, -0.2) is 0 Å². The molecule has 0 fully saturated rings. The zero-order valence-electron chi connectivity index (χ0n) is 7.85. The van der Waals surface area contributed by atoms with E-state index >= 15 is 0 Å². The fourth-order valence-corrected chi connectivity index (χ4v) is 1.16. The third-order valence-electron chi connectivity index (χ3n) is 2.04. The maximum atomic E-state index is 12.3. The molecule has 0 aromatic heterocycles. The number of rotatable bonds is 1. The number of anilines is 1. The predicted octanol–water partition coefficient (Wildman–Crippen LogP) is 1.69. The number of alkyl halides is 3. The van der Waals surface area contributed by atoms with E-state index in [-0.39, 0.29) is 16.8 Å². The average molecular weight is 218 g/mol. The van der Waals surface area contributed by atoms with Crippen LogP contribution < -0.4 is 11.5 Å². The number of hydrogen-bond donors (Lipinski definition) is 2. The predicted molar refractivity (Wildman–Crippen MR) is 49.1 cm³/mol. The zero-order valence-corrected chi connectivity index (χ0v) is 7.85. The number of carbonyl (C=O) groups excluding carboxylic acids is 1. The molecule has 0 radical (unpaired) electrons. The second-order valence-electron chi connectivity index (χ2n) is 3.10. The number of amides is 1. The molecule has 1 rings (SSSR count). The molecule has 0 heterocycles. The molecular formula is C9H9F3N2O. The molecule has 0 unspecified atom stereocenters. The van der Waals surface area contributed by atoms with E-state index in [1.807, 2.05) is 0 Å². The van der Waals surface area contributed by atoms with E-state index in [4.69, 9.17) is 11.5 Å². The third-order valence-corrected chi connectivity index (χ3v) is 2.04. The summed E-state index contributed by atoms with van der Waals surface area (Å²) >= 11 is 0. The third kappa shape index (κ3) is 2.20. The second kappa shape index (κ2) is 3.45. The Labute approximate surface area is 83.9 Å². The highest BCUT2D eigenvalue weighted by Gasteiger charge is 2.32. The Hall–Kier alpha value is -1.72. The summed E-state index contributed by atoms with van der Waals surface area (Å²) in [6.45, 7) is 1.44. The minimum atomic E-state index is -4.54. The van der Waals surface area contributed by atoms with Crippen molar-refractivity contribution in [3.8, 4) is 0 Å². The van der Waals surface area contributed by atoms with Crippen molar-refractivity contribution in [2.75, 3.05) is 5.73 Å². The topological polar surface area (TPSA) is 69.1 Å². The number of hydrogen-bond acceptors (Lipinski definition) is 2. The second-order valence-corrected chi connectivity index (χ2v) is 3.10. The van der Waals surface area contributed by atoms with E-state index in [1.54, 1.807) is 0 Å². The first-order valence-corrected chi connectivity index (χ1v) is 4.00. The zero-order chi connectivity index (χ0) is 11.8. The van der Waals surface area contributed by atoms with Crippen LogP contribution in [0.25, 0.3) is 0 Å². The largest absolute Gasteiger partial charge is 0.416 e. The molecule has 0 saturated heterocycles. The quantitative estimate of drug-likeness (QED) is 0.704. The lowest BCUT2D eigenvalue weighted by atomic mass is 10.0. The highest BCUT2D eigenvalue weighted by molar-refractivity contribution is 5.95. The number of benzene rings is 1. The maximum Gasteiger partial charge on any atom is 0.416 e. The van der Waals surface area contributed by atoms with Crippen LogP contribution in [-0.4, -0.2) is 5.91 Å². The average Bonchev–Trinajstić information content (AvgIpc) is 2.06. The summed E-state index contributed by atoms with van der Waals surface area (Å²) in [6.07, 6.45) is -4.54. The molecule has 3 nitrogen and oxygen atoms in total. The summed E-state index contributed by atoms with van der Waals surface area (Å²) in [5.74, 6) is -0.926. The molecule has 0 aliphatic rings. The van der Waals surface area contributed by atoms with Gasteiger partial charge >= 0.3 is 6.18 Å². The van der Waals surface area contributed by atoms with Gasteiger partial charge in [0.15, 0.2) is 0 Å². The Balaban J connectivity index is 3.43. The van der Waals surface area contributed by atoms with E-state index in [0.29, 0.717) is 6.07 Å². The van der Waals surface area contributed by atoms with Crippen molar-refractivity contribution in [3.05, 3.63) is 28.8 Å². The maximum absolute atomic E-state index is 12.3. The molecule has 1 aromatic rings. The Bertz CT molecular complexity index is 413. The van der Waals surface area contributed by atoms with Gasteiger partial charge in [-0.15, -0.1) is 0 Å². The Kier molecular flexibility index (Phi) is 2.61. The number of halogens is 3. The number of primary amides is 1. The van der Waals surface area contributed by atoms with Crippen LogP contribution >= 0.6 is 0 Å². The lowest BCUT2D eigenvalue weighted by Gasteiger charge is -2.11. The SMILES string of the molecule is Cc1c(N)cc(C(F)(F)F)cc1C(N)=O. The fourth-order valence-electron chi connectivity index (χ4n) is 1.16. The van der Waals surface area contributed by atoms with Crippen LogP contribution in [-0.2, 0) is 6.18 Å². The van der Waals surface area contributed by atoms with Crippen molar-refractivity contribution in [3.63, 3.8) is 0 Å². The molecule has 1 amide bonds. The highest BCUT2D eigenvalue weighted by Crippen LogP contribution is 2.32. The molecule has 6 heteroatoms. The first-order valence-electron chi connectivity index (χ1n) is 4.00. The van der Waals surface area contributed by atoms with Crippen molar-refractivity contribution < 1.29 is 18.0 Å². The minimum Gasteiger partial charge on any atom is -0.398 e. The van der Waals surface area contributed by atoms with Gasteiger partial charge in [0, 0.05) is 11.3 Å². The summed E-state index contributed by atoms with van der Waals surface area (Å²) in [6, 6.07) is 1.48. The van der Waals surface area contributed by atoms with Crippen molar-refractivity contribution in [1.29, 1.82) is 0 Å². The minimum absolute atomic E-state index is 0.0985. The number of carbonyl (C=O) groups is 1. The molecule has 0 spiro atoms. The van der Waals surface area contributed by atoms with E-state index in [9.17, 15) is 18.0 Å². The van der Waals surface area contributed by atoms with Crippen LogP contribution in [0.5, 0.6) is 0 Å². The van der Waals surface area contributed by atoms with Crippen LogP contribution in [0.1, 0.15) is 21.5 Å². The molecule has 0 aliphatic carbocycles. The molecule has 0 saturated carbocycles. The standard InChI is InChI=1S/C9H9F3N2O/c1-4-6(8(14)15)2-5(3-7(4)13)9(10,11)12/h2-3H,13H2,1H3,(H2,14,15). The molecule has 0 aliphatic heterocycles. The smallest absolute Gasteiger partial charge is 0.398 e. The van der Waals surface area contributed by atoms with Gasteiger partial charge in [0.1, 0.15) is 0 Å². The van der Waals surface area contributed by atoms with Gasteiger partial charge in [-0.05, 0) is 24.6 Å². The fraction of sp³-hybridized carbons (Fsp3) is 0.222. The lowest BCUT2D eigenvalue weighted by Crippen LogP contribution is -2.16. The van der Waals surface area contributed by atoms with Gasteiger partial charge in [-0.2, -0.15) is 13.2 Å². The Morgan fingerprint density at radius 3 is 2.27 bits per heavy atom. The number of nitrogens with two attached hydrogens (primary N) is 2. The summed E-state index contributed by atoms with van der Waals surface area (Å²) in [5.41, 5.74) is 9.26. The van der Waals surface area contributed by atoms with Crippen LogP contribution in [0.3, 0.4) is 0 Å². The molecule has 1 aromatic carbocycles. The summed E-state index contributed by atoms with van der Waals surface area (Å²) in [7, 11) is 0. The van der Waals surface area contributed by atoms with Crippen LogP contribution in [0, 0.1) is 6.92 Å². The Morgan fingerprint density at radius 1 is 1.33 bits per heavy atom. The molecule has 0 bridgehead atoms. The van der Waals surface area contributed by atoms with Gasteiger partial charge in [0.05, 0.1) is 5.56 Å². The normalized spacial score (nSPS) is 11.5. The first kappa shape index (κ1) is 11.4. The highest BCUT2D eigenvalue weighted by atomic mass is 19.4. The van der Waals surface area contributed by atoms with E-state index in [0.717, 1.165) is 6.07 Å². The van der Waals surface area contributed by atoms with Crippen LogP contribution in [0.15, 0.2) is 12.1 Å². The Morgan fingerprint density at radius 2 is 1.87 bits per heavy atom. The van der Waals surface area contributed by atoms with E-state index in [2.05, 4.69) is 0 Å². The molecule has 82 valence electrons. The summed E-state index contributed by atoms with van der Waals surface area (Å²) < 4.78 is 37.0. The lowest BCUT2D eigenvalue weighted by molar-refractivity contribution is -0.137. The van der Waals surface area contributed by atoms with Gasteiger partial charge in [-0.3, -0.25) is 4.79 Å². The molecule has 15 heavy (non-hydrogen) atoms. The van der Waals surface area contributed by atoms with Gasteiger partial charge < -0.3 is 11.5 Å². The van der Waals surface area contributed by atoms with E-state index in [1.165, 1.54) is 6.92 Å². The van der Waals surface area contributed by atoms with Crippen molar-refractivity contribution in [2.24, 2.45) is 5.73 Å².